The molecule has 0 bridgehead atoms. The van der Waals surface area contributed by atoms with Crippen LogP contribution >= 0.6 is 0 Å². The first-order valence-electron chi connectivity index (χ1n) is 11.0. The number of aromatic nitrogens is 2. The summed E-state index contributed by atoms with van der Waals surface area (Å²) in [6.07, 6.45) is 7.71. The summed E-state index contributed by atoms with van der Waals surface area (Å²) >= 11 is 0. The number of amides is 1. The Morgan fingerprint density at radius 1 is 1.10 bits per heavy atom. The highest BCUT2D eigenvalue weighted by molar-refractivity contribution is 7.90. The van der Waals surface area contributed by atoms with Gasteiger partial charge in [-0.2, -0.15) is 0 Å². The molecule has 166 valence electrons. The van der Waals surface area contributed by atoms with Crippen molar-refractivity contribution in [2.45, 2.75) is 62.4 Å². The molecule has 0 aromatic carbocycles. The van der Waals surface area contributed by atoms with Crippen LogP contribution in [-0.2, 0) is 19.4 Å². The SMILES string of the molecule is CC1CCN(c2ncc(S(C)(=O)=O)c(C3CCN(C(=O)[C@H]4CCCO4)CC3)n2)CC1. The Labute approximate surface area is 178 Å². The van der Waals surface area contributed by atoms with E-state index in [2.05, 4.69) is 16.8 Å². The quantitative estimate of drug-likeness (QED) is 0.713. The van der Waals surface area contributed by atoms with E-state index in [0.717, 1.165) is 38.8 Å². The second-order valence-electron chi connectivity index (χ2n) is 8.96. The maximum atomic E-state index is 12.6. The highest BCUT2D eigenvalue weighted by Crippen LogP contribution is 2.33. The Kier molecular flexibility index (Phi) is 6.29. The molecule has 0 aliphatic carbocycles. The number of carbonyl (C=O) groups excluding carboxylic acids is 1. The van der Waals surface area contributed by atoms with Crippen LogP contribution < -0.4 is 4.90 Å². The van der Waals surface area contributed by atoms with Crippen molar-refractivity contribution in [3.8, 4) is 0 Å². The van der Waals surface area contributed by atoms with Crippen LogP contribution in [0.15, 0.2) is 11.1 Å². The summed E-state index contributed by atoms with van der Waals surface area (Å²) in [6, 6.07) is 0. The van der Waals surface area contributed by atoms with Gasteiger partial charge in [-0.25, -0.2) is 18.4 Å². The number of hydrogen-bond donors (Lipinski definition) is 0. The predicted molar refractivity (Wildman–Crippen MR) is 113 cm³/mol. The minimum absolute atomic E-state index is 0.00809. The first-order valence-corrected chi connectivity index (χ1v) is 12.9. The number of anilines is 1. The zero-order chi connectivity index (χ0) is 21.3. The molecule has 30 heavy (non-hydrogen) atoms. The summed E-state index contributed by atoms with van der Waals surface area (Å²) in [5, 5.41) is 0. The van der Waals surface area contributed by atoms with Crippen LogP contribution in [0.4, 0.5) is 5.95 Å². The molecule has 0 spiro atoms. The zero-order valence-electron chi connectivity index (χ0n) is 17.9. The van der Waals surface area contributed by atoms with Crippen LogP contribution in [-0.4, -0.2) is 74.3 Å². The lowest BCUT2D eigenvalue weighted by Gasteiger charge is -2.34. The normalized spacial score (nSPS) is 24.4. The fourth-order valence-electron chi connectivity index (χ4n) is 4.66. The monoisotopic (exact) mass is 436 g/mol. The Balaban J connectivity index is 1.52. The number of piperidine rings is 2. The van der Waals surface area contributed by atoms with Crippen LogP contribution in [0.3, 0.4) is 0 Å². The van der Waals surface area contributed by atoms with Gasteiger partial charge in [0.25, 0.3) is 5.91 Å². The van der Waals surface area contributed by atoms with Gasteiger partial charge in [0.1, 0.15) is 11.0 Å². The molecule has 3 saturated heterocycles. The molecule has 3 aliphatic heterocycles. The maximum absolute atomic E-state index is 12.6. The minimum Gasteiger partial charge on any atom is -0.368 e. The molecular formula is C21H32N4O4S. The van der Waals surface area contributed by atoms with Crippen molar-refractivity contribution in [2.75, 3.05) is 43.9 Å². The van der Waals surface area contributed by atoms with Crippen LogP contribution in [0.2, 0.25) is 0 Å². The van der Waals surface area contributed by atoms with Crippen molar-refractivity contribution >= 4 is 21.7 Å². The molecule has 1 aromatic heterocycles. The smallest absolute Gasteiger partial charge is 0.251 e. The van der Waals surface area contributed by atoms with Crippen molar-refractivity contribution in [3.05, 3.63) is 11.9 Å². The topological polar surface area (TPSA) is 92.7 Å². The second-order valence-corrected chi connectivity index (χ2v) is 10.9. The number of likely N-dealkylation sites (tertiary alicyclic amines) is 1. The fraction of sp³-hybridized carbons (Fsp3) is 0.762. The molecule has 0 radical (unpaired) electrons. The van der Waals surface area contributed by atoms with E-state index < -0.39 is 9.84 Å². The summed E-state index contributed by atoms with van der Waals surface area (Å²) in [6.45, 7) is 5.91. The lowest BCUT2D eigenvalue weighted by atomic mass is 9.93. The molecule has 3 fully saturated rings. The van der Waals surface area contributed by atoms with Crippen molar-refractivity contribution < 1.29 is 17.9 Å². The number of carbonyl (C=O) groups is 1. The molecule has 1 amide bonds. The number of sulfone groups is 1. The van der Waals surface area contributed by atoms with Crippen molar-refractivity contribution in [3.63, 3.8) is 0 Å². The fourth-order valence-corrected chi connectivity index (χ4v) is 5.50. The molecule has 9 heteroatoms. The Hall–Kier alpha value is -1.74. The van der Waals surface area contributed by atoms with Crippen molar-refractivity contribution in [2.24, 2.45) is 5.92 Å². The van der Waals surface area contributed by atoms with E-state index in [1.165, 1.54) is 12.5 Å². The largest absolute Gasteiger partial charge is 0.368 e. The molecule has 0 saturated carbocycles. The van der Waals surface area contributed by atoms with Gasteiger partial charge in [0.2, 0.25) is 5.95 Å². The summed E-state index contributed by atoms with van der Waals surface area (Å²) in [7, 11) is -3.43. The first kappa shape index (κ1) is 21.5. The number of nitrogens with zero attached hydrogens (tertiary/aromatic N) is 4. The standard InChI is InChI=1S/C21H32N4O4S/c1-15-5-9-25(10-6-15)21-22-14-18(30(2,27)28)19(23-21)16-7-11-24(12-8-16)20(26)17-4-3-13-29-17/h14-17H,3-13H2,1-2H3/t17-/m1/s1. The molecular weight excluding hydrogens is 404 g/mol. The highest BCUT2D eigenvalue weighted by atomic mass is 32.2. The van der Waals surface area contributed by atoms with Gasteiger partial charge < -0.3 is 14.5 Å². The molecule has 0 N–H and O–H groups in total. The number of rotatable bonds is 4. The summed E-state index contributed by atoms with van der Waals surface area (Å²) in [4.78, 5) is 26.0. The predicted octanol–water partition coefficient (Wildman–Crippen LogP) is 2.00. The summed E-state index contributed by atoms with van der Waals surface area (Å²) in [5.74, 6) is 1.40. The Morgan fingerprint density at radius 2 is 1.80 bits per heavy atom. The van der Waals surface area contributed by atoms with Crippen LogP contribution in [0.1, 0.15) is 57.1 Å². The van der Waals surface area contributed by atoms with Crippen LogP contribution in [0.5, 0.6) is 0 Å². The first-order chi connectivity index (χ1) is 14.3. The van der Waals surface area contributed by atoms with Gasteiger partial charge in [0.15, 0.2) is 9.84 Å². The van der Waals surface area contributed by atoms with E-state index >= 15 is 0 Å². The van der Waals surface area contributed by atoms with E-state index in [-0.39, 0.29) is 22.8 Å². The average Bonchev–Trinajstić information content (AvgIpc) is 3.28. The van der Waals surface area contributed by atoms with E-state index in [1.54, 1.807) is 0 Å². The molecule has 1 aromatic rings. The average molecular weight is 437 g/mol. The third-order valence-electron chi connectivity index (χ3n) is 6.63. The molecule has 1 atom stereocenters. The van der Waals surface area contributed by atoms with Crippen molar-refractivity contribution in [1.29, 1.82) is 0 Å². The third-order valence-corrected chi connectivity index (χ3v) is 7.75. The molecule has 8 nitrogen and oxygen atoms in total. The third kappa shape index (κ3) is 4.61. The highest BCUT2D eigenvalue weighted by Gasteiger charge is 2.33. The molecule has 4 heterocycles. The number of ether oxygens (including phenoxy) is 1. The van der Waals surface area contributed by atoms with E-state index in [4.69, 9.17) is 9.72 Å². The van der Waals surface area contributed by atoms with Gasteiger partial charge in [-0.1, -0.05) is 6.92 Å². The lowest BCUT2D eigenvalue weighted by Crippen LogP contribution is -2.43. The maximum Gasteiger partial charge on any atom is 0.251 e. The molecule has 4 rings (SSSR count). The van der Waals surface area contributed by atoms with E-state index in [0.29, 0.717) is 50.1 Å². The zero-order valence-corrected chi connectivity index (χ0v) is 18.7. The summed E-state index contributed by atoms with van der Waals surface area (Å²) < 4.78 is 30.3. The summed E-state index contributed by atoms with van der Waals surface area (Å²) in [5.41, 5.74) is 0.616. The van der Waals surface area contributed by atoms with E-state index in [9.17, 15) is 13.2 Å². The Morgan fingerprint density at radius 3 is 2.40 bits per heavy atom. The minimum atomic E-state index is -3.43. The van der Waals surface area contributed by atoms with Gasteiger partial charge in [-0.15, -0.1) is 0 Å². The van der Waals surface area contributed by atoms with E-state index in [1.807, 2.05) is 4.90 Å². The van der Waals surface area contributed by atoms with Crippen molar-refractivity contribution in [1.82, 2.24) is 14.9 Å². The number of hydrogen-bond acceptors (Lipinski definition) is 7. The van der Waals surface area contributed by atoms with Crippen LogP contribution in [0.25, 0.3) is 0 Å². The van der Waals surface area contributed by atoms with Gasteiger partial charge in [-0.3, -0.25) is 4.79 Å². The van der Waals surface area contributed by atoms with Crippen LogP contribution in [0, 0.1) is 5.92 Å². The second kappa shape index (κ2) is 8.78. The van der Waals surface area contributed by atoms with Gasteiger partial charge in [0.05, 0.1) is 11.9 Å². The molecule has 0 unspecified atom stereocenters. The lowest BCUT2D eigenvalue weighted by molar-refractivity contribution is -0.142. The Bertz CT molecular complexity index is 869. The molecule has 3 aliphatic rings. The van der Waals surface area contributed by atoms with Gasteiger partial charge in [0, 0.05) is 45.0 Å². The van der Waals surface area contributed by atoms with Gasteiger partial charge in [-0.05, 0) is 44.4 Å². The van der Waals surface area contributed by atoms with Gasteiger partial charge >= 0.3 is 0 Å².